The molecular formula is C22H24FN3O5. The molecule has 2 aromatic heterocycles. The van der Waals surface area contributed by atoms with Gasteiger partial charge in [-0.3, -0.25) is 14.6 Å². The van der Waals surface area contributed by atoms with Crippen LogP contribution in [0.25, 0.3) is 11.0 Å². The number of aryl methyl sites for hydroxylation is 1. The van der Waals surface area contributed by atoms with Crippen LogP contribution < -0.4 is 10.9 Å². The molecule has 1 atom stereocenters. The van der Waals surface area contributed by atoms with Gasteiger partial charge in [-0.05, 0) is 49.1 Å². The van der Waals surface area contributed by atoms with E-state index < -0.39 is 28.9 Å². The Kier molecular flexibility index (Phi) is 6.98. The number of carbonyl (C=O) groups excluding carboxylic acids is 1. The van der Waals surface area contributed by atoms with Crippen LogP contribution in [0.3, 0.4) is 0 Å². The lowest BCUT2D eigenvalue weighted by molar-refractivity contribution is 0.0919. The van der Waals surface area contributed by atoms with Gasteiger partial charge in [0.05, 0.1) is 11.6 Å². The van der Waals surface area contributed by atoms with E-state index in [4.69, 9.17) is 0 Å². The SMILES string of the molecule is C[C@H](O)CNC(=O)c1c(O)c2ncc(Cc3ccc(F)cc3)cc2n(CCCO)c1=O. The molecule has 1 aromatic carbocycles. The van der Waals surface area contributed by atoms with E-state index in [1.165, 1.54) is 29.8 Å². The Bertz CT molecular complexity index is 1140. The van der Waals surface area contributed by atoms with Crippen molar-refractivity contribution in [3.8, 4) is 5.75 Å². The molecule has 4 N–H and O–H groups in total. The Hall–Kier alpha value is -3.30. The minimum absolute atomic E-state index is 0.0718. The highest BCUT2D eigenvalue weighted by molar-refractivity contribution is 6.01. The number of fused-ring (bicyclic) bond motifs is 1. The van der Waals surface area contributed by atoms with Crippen molar-refractivity contribution in [3.63, 3.8) is 0 Å². The summed E-state index contributed by atoms with van der Waals surface area (Å²) in [5.41, 5.74) is 0.768. The van der Waals surface area contributed by atoms with E-state index in [9.17, 15) is 29.3 Å². The van der Waals surface area contributed by atoms with E-state index in [0.29, 0.717) is 11.9 Å². The number of aliphatic hydroxyl groups excluding tert-OH is 2. The van der Waals surface area contributed by atoms with Crippen LogP contribution in [0.5, 0.6) is 5.75 Å². The molecular weight excluding hydrogens is 405 g/mol. The molecule has 0 aliphatic heterocycles. The molecule has 0 saturated carbocycles. The van der Waals surface area contributed by atoms with Gasteiger partial charge in [-0.25, -0.2) is 4.39 Å². The number of nitrogens with one attached hydrogen (secondary N) is 1. The van der Waals surface area contributed by atoms with Crippen LogP contribution in [0.4, 0.5) is 4.39 Å². The molecule has 0 spiro atoms. The van der Waals surface area contributed by atoms with E-state index in [-0.39, 0.29) is 37.5 Å². The maximum absolute atomic E-state index is 13.2. The summed E-state index contributed by atoms with van der Waals surface area (Å²) in [5, 5.41) is 31.6. The van der Waals surface area contributed by atoms with Crippen molar-refractivity contribution in [2.75, 3.05) is 13.2 Å². The molecule has 9 heteroatoms. The fourth-order valence-corrected chi connectivity index (χ4v) is 3.27. The van der Waals surface area contributed by atoms with E-state index in [1.54, 1.807) is 18.2 Å². The van der Waals surface area contributed by atoms with E-state index in [1.807, 2.05) is 0 Å². The first kappa shape index (κ1) is 22.4. The summed E-state index contributed by atoms with van der Waals surface area (Å²) < 4.78 is 14.4. The number of amides is 1. The van der Waals surface area contributed by atoms with Gasteiger partial charge in [0.1, 0.15) is 16.9 Å². The van der Waals surface area contributed by atoms with Crippen molar-refractivity contribution >= 4 is 16.9 Å². The Morgan fingerprint density at radius 1 is 1.26 bits per heavy atom. The van der Waals surface area contributed by atoms with Gasteiger partial charge in [0.15, 0.2) is 5.75 Å². The normalized spacial score (nSPS) is 12.1. The maximum atomic E-state index is 13.2. The highest BCUT2D eigenvalue weighted by Gasteiger charge is 2.23. The molecule has 0 saturated heterocycles. The molecule has 0 aliphatic carbocycles. The summed E-state index contributed by atoms with van der Waals surface area (Å²) in [4.78, 5) is 29.8. The van der Waals surface area contributed by atoms with Gasteiger partial charge in [-0.1, -0.05) is 12.1 Å². The number of rotatable bonds is 8. The molecule has 0 unspecified atom stereocenters. The number of nitrogens with zero attached hydrogens (tertiary/aromatic N) is 2. The molecule has 0 radical (unpaired) electrons. The predicted octanol–water partition coefficient (Wildman–Crippen LogP) is 1.33. The molecule has 2 heterocycles. The van der Waals surface area contributed by atoms with Gasteiger partial charge in [0.25, 0.3) is 11.5 Å². The Morgan fingerprint density at radius 2 is 1.97 bits per heavy atom. The van der Waals surface area contributed by atoms with Crippen LogP contribution in [0.15, 0.2) is 41.3 Å². The zero-order valence-electron chi connectivity index (χ0n) is 17.0. The zero-order chi connectivity index (χ0) is 22.5. The minimum atomic E-state index is -0.824. The van der Waals surface area contributed by atoms with Gasteiger partial charge in [0, 0.05) is 25.9 Å². The third kappa shape index (κ3) is 5.07. The summed E-state index contributed by atoms with van der Waals surface area (Å²) in [5.74, 6) is -1.71. The summed E-state index contributed by atoms with van der Waals surface area (Å²) in [6, 6.07) is 7.68. The van der Waals surface area contributed by atoms with E-state index >= 15 is 0 Å². The fourth-order valence-electron chi connectivity index (χ4n) is 3.27. The molecule has 1 amide bonds. The van der Waals surface area contributed by atoms with E-state index in [0.717, 1.165) is 11.1 Å². The second-order valence-electron chi connectivity index (χ2n) is 7.33. The molecule has 0 bridgehead atoms. The van der Waals surface area contributed by atoms with Crippen LogP contribution in [-0.2, 0) is 13.0 Å². The van der Waals surface area contributed by atoms with Crippen LogP contribution in [0.1, 0.15) is 34.8 Å². The Morgan fingerprint density at radius 3 is 2.61 bits per heavy atom. The minimum Gasteiger partial charge on any atom is -0.505 e. The fraction of sp³-hybridized carbons (Fsp3) is 0.318. The number of pyridine rings is 2. The standard InChI is InChI=1S/C22H24FN3O5/c1-13(28)11-25-21(30)18-20(29)19-17(26(22(18)31)7-2-8-27)10-15(12-24-19)9-14-3-5-16(23)6-4-14/h3-6,10,12-13,27-29H,2,7-9,11H2,1H3,(H,25,30)/t13-/m0/s1. The highest BCUT2D eigenvalue weighted by Crippen LogP contribution is 2.26. The number of aromatic nitrogens is 2. The van der Waals surface area contributed by atoms with Gasteiger partial charge < -0.3 is 25.2 Å². The quantitative estimate of drug-likeness (QED) is 0.428. The number of aliphatic hydroxyl groups is 2. The number of hydrogen-bond donors (Lipinski definition) is 4. The lowest BCUT2D eigenvalue weighted by atomic mass is 10.1. The predicted molar refractivity (Wildman–Crippen MR) is 113 cm³/mol. The van der Waals surface area contributed by atoms with Crippen LogP contribution >= 0.6 is 0 Å². The molecule has 8 nitrogen and oxygen atoms in total. The van der Waals surface area contributed by atoms with Gasteiger partial charge in [-0.2, -0.15) is 0 Å². The van der Waals surface area contributed by atoms with Crippen molar-refractivity contribution in [1.29, 1.82) is 0 Å². The zero-order valence-corrected chi connectivity index (χ0v) is 17.0. The van der Waals surface area contributed by atoms with Crippen LogP contribution in [0, 0.1) is 5.82 Å². The summed E-state index contributed by atoms with van der Waals surface area (Å²) in [6.07, 6.45) is 1.38. The van der Waals surface area contributed by atoms with Gasteiger partial charge in [0.2, 0.25) is 0 Å². The summed E-state index contributed by atoms with van der Waals surface area (Å²) in [6.45, 7) is 1.34. The largest absolute Gasteiger partial charge is 0.505 e. The smallest absolute Gasteiger partial charge is 0.267 e. The van der Waals surface area contributed by atoms with Crippen molar-refractivity contribution in [2.45, 2.75) is 32.4 Å². The lowest BCUT2D eigenvalue weighted by Gasteiger charge is -2.15. The molecule has 0 fully saturated rings. The number of aromatic hydroxyl groups is 1. The second kappa shape index (κ2) is 9.67. The maximum Gasteiger partial charge on any atom is 0.267 e. The molecule has 164 valence electrons. The number of benzene rings is 1. The highest BCUT2D eigenvalue weighted by atomic mass is 19.1. The van der Waals surface area contributed by atoms with Crippen LogP contribution in [0.2, 0.25) is 0 Å². The molecule has 3 rings (SSSR count). The number of hydrogen-bond acceptors (Lipinski definition) is 6. The first-order valence-corrected chi connectivity index (χ1v) is 9.87. The van der Waals surface area contributed by atoms with Crippen molar-refractivity contribution in [3.05, 3.63) is 69.4 Å². The average molecular weight is 429 g/mol. The molecule has 3 aromatic rings. The van der Waals surface area contributed by atoms with E-state index in [2.05, 4.69) is 10.3 Å². The first-order valence-electron chi connectivity index (χ1n) is 9.87. The second-order valence-corrected chi connectivity index (χ2v) is 7.33. The first-order chi connectivity index (χ1) is 14.8. The summed E-state index contributed by atoms with van der Waals surface area (Å²) >= 11 is 0. The van der Waals surface area contributed by atoms with Gasteiger partial charge in [-0.15, -0.1) is 0 Å². The number of halogens is 1. The Balaban J connectivity index is 2.09. The van der Waals surface area contributed by atoms with Gasteiger partial charge >= 0.3 is 0 Å². The van der Waals surface area contributed by atoms with Crippen molar-refractivity contribution in [2.24, 2.45) is 0 Å². The number of carbonyl (C=O) groups is 1. The van der Waals surface area contributed by atoms with Crippen molar-refractivity contribution < 1.29 is 24.5 Å². The molecule has 31 heavy (non-hydrogen) atoms. The third-order valence-corrected chi connectivity index (χ3v) is 4.78. The average Bonchev–Trinajstić information content (AvgIpc) is 2.74. The summed E-state index contributed by atoms with van der Waals surface area (Å²) in [7, 11) is 0. The Labute approximate surface area is 177 Å². The third-order valence-electron chi connectivity index (χ3n) is 4.78. The molecule has 0 aliphatic rings. The lowest BCUT2D eigenvalue weighted by Crippen LogP contribution is -2.36. The van der Waals surface area contributed by atoms with Crippen LogP contribution in [-0.4, -0.2) is 50.0 Å². The van der Waals surface area contributed by atoms with Crippen molar-refractivity contribution in [1.82, 2.24) is 14.9 Å². The monoisotopic (exact) mass is 429 g/mol. The topological polar surface area (TPSA) is 125 Å².